The summed E-state index contributed by atoms with van der Waals surface area (Å²) in [6, 6.07) is 0. The highest BCUT2D eigenvalue weighted by molar-refractivity contribution is 7.15. The molecule has 2 fully saturated rings. The Morgan fingerprint density at radius 2 is 1.90 bits per heavy atom. The number of fused-ring (bicyclic) bond motifs is 1. The van der Waals surface area contributed by atoms with Crippen molar-refractivity contribution < 1.29 is 0 Å². The molecule has 4 heteroatoms. The van der Waals surface area contributed by atoms with E-state index in [0.717, 1.165) is 24.8 Å². The maximum atomic E-state index is 4.94. The van der Waals surface area contributed by atoms with Crippen molar-refractivity contribution in [2.75, 3.05) is 18.0 Å². The monoisotopic (exact) mass is 307 g/mol. The lowest BCUT2D eigenvalue weighted by Gasteiger charge is -2.20. The van der Waals surface area contributed by atoms with Crippen LogP contribution in [0.5, 0.6) is 0 Å². The molecule has 0 radical (unpaired) electrons. The normalized spacial score (nSPS) is 25.6. The van der Waals surface area contributed by atoms with Crippen molar-refractivity contribution in [2.24, 2.45) is 11.8 Å². The van der Waals surface area contributed by atoms with Gasteiger partial charge in [0.2, 0.25) is 0 Å². The number of thiazole rings is 1. The van der Waals surface area contributed by atoms with Crippen molar-refractivity contribution >= 4 is 16.5 Å². The lowest BCUT2D eigenvalue weighted by molar-refractivity contribution is 0.425. The van der Waals surface area contributed by atoms with E-state index in [2.05, 4.69) is 37.9 Å². The van der Waals surface area contributed by atoms with Crippen molar-refractivity contribution in [3.05, 3.63) is 10.6 Å². The molecule has 2 atom stereocenters. The first-order valence-electron chi connectivity index (χ1n) is 8.45. The minimum Gasteiger partial charge on any atom is -0.348 e. The van der Waals surface area contributed by atoms with Crippen molar-refractivity contribution in [3.63, 3.8) is 0 Å². The number of nitrogens with one attached hydrogen (secondary N) is 1. The van der Waals surface area contributed by atoms with Crippen molar-refractivity contribution in [1.82, 2.24) is 10.3 Å². The van der Waals surface area contributed by atoms with E-state index in [9.17, 15) is 0 Å². The zero-order valence-corrected chi connectivity index (χ0v) is 14.7. The van der Waals surface area contributed by atoms with Crippen LogP contribution < -0.4 is 10.2 Å². The van der Waals surface area contributed by atoms with Gasteiger partial charge in [-0.25, -0.2) is 4.98 Å². The van der Waals surface area contributed by atoms with E-state index in [1.54, 1.807) is 0 Å². The number of aromatic nitrogens is 1. The fourth-order valence-electron chi connectivity index (χ4n) is 3.66. The highest BCUT2D eigenvalue weighted by Crippen LogP contribution is 2.41. The molecule has 1 saturated carbocycles. The van der Waals surface area contributed by atoms with Crippen LogP contribution >= 0.6 is 11.3 Å². The SMILES string of the molecule is CCc1nc(N2CC3CCCC3C2)sc1CNC(C)(C)C. The predicted octanol–water partition coefficient (Wildman–Crippen LogP) is 3.83. The van der Waals surface area contributed by atoms with Gasteiger partial charge in [-0.15, -0.1) is 11.3 Å². The fraction of sp³-hybridized carbons (Fsp3) is 0.824. The highest BCUT2D eigenvalue weighted by atomic mass is 32.1. The quantitative estimate of drug-likeness (QED) is 0.916. The van der Waals surface area contributed by atoms with Gasteiger partial charge >= 0.3 is 0 Å². The first-order valence-corrected chi connectivity index (χ1v) is 9.26. The van der Waals surface area contributed by atoms with E-state index in [1.807, 2.05) is 11.3 Å². The molecule has 1 aliphatic heterocycles. The number of rotatable bonds is 4. The number of hydrogen-bond donors (Lipinski definition) is 1. The molecule has 0 spiro atoms. The first kappa shape index (κ1) is 15.3. The van der Waals surface area contributed by atoms with Gasteiger partial charge in [-0.2, -0.15) is 0 Å². The summed E-state index contributed by atoms with van der Waals surface area (Å²) in [5.74, 6) is 1.88. The number of anilines is 1. The molecule has 1 N–H and O–H groups in total. The Morgan fingerprint density at radius 1 is 1.24 bits per heavy atom. The summed E-state index contributed by atoms with van der Waals surface area (Å²) in [6.07, 6.45) is 5.36. The average molecular weight is 308 g/mol. The van der Waals surface area contributed by atoms with E-state index in [4.69, 9.17) is 4.98 Å². The Hall–Kier alpha value is -0.610. The lowest BCUT2D eigenvalue weighted by Crippen LogP contribution is -2.35. The van der Waals surface area contributed by atoms with Crippen LogP contribution in [0.15, 0.2) is 0 Å². The van der Waals surface area contributed by atoms with Crippen LogP contribution in [0.4, 0.5) is 5.13 Å². The first-order chi connectivity index (χ1) is 9.96. The maximum absolute atomic E-state index is 4.94. The Bertz CT molecular complexity index is 477. The van der Waals surface area contributed by atoms with Gasteiger partial charge in [0, 0.05) is 30.1 Å². The summed E-state index contributed by atoms with van der Waals surface area (Å²) in [5, 5.41) is 4.88. The zero-order valence-electron chi connectivity index (χ0n) is 13.9. The second-order valence-corrected chi connectivity index (χ2v) is 8.74. The van der Waals surface area contributed by atoms with Gasteiger partial charge in [0.25, 0.3) is 0 Å². The molecule has 0 bridgehead atoms. The third-order valence-corrected chi connectivity index (χ3v) is 6.04. The highest BCUT2D eigenvalue weighted by Gasteiger charge is 2.37. The van der Waals surface area contributed by atoms with E-state index in [-0.39, 0.29) is 5.54 Å². The van der Waals surface area contributed by atoms with Crippen molar-refractivity contribution in [1.29, 1.82) is 0 Å². The number of aryl methyl sites for hydroxylation is 1. The van der Waals surface area contributed by atoms with E-state index >= 15 is 0 Å². The molecule has 2 heterocycles. The summed E-state index contributed by atoms with van der Waals surface area (Å²) >= 11 is 1.91. The smallest absolute Gasteiger partial charge is 0.185 e. The van der Waals surface area contributed by atoms with Crippen LogP contribution in [0.25, 0.3) is 0 Å². The molecule has 3 rings (SSSR count). The Balaban J connectivity index is 1.70. The minimum atomic E-state index is 0.167. The third kappa shape index (κ3) is 3.42. The summed E-state index contributed by atoms with van der Waals surface area (Å²) in [7, 11) is 0. The summed E-state index contributed by atoms with van der Waals surface area (Å²) in [6.45, 7) is 12.3. The van der Waals surface area contributed by atoms with Crippen LogP contribution in [0, 0.1) is 11.8 Å². The van der Waals surface area contributed by atoms with Gasteiger partial charge in [0.05, 0.1) is 5.69 Å². The van der Waals surface area contributed by atoms with Gasteiger partial charge in [-0.1, -0.05) is 13.3 Å². The molecule has 2 unspecified atom stereocenters. The molecule has 0 aromatic carbocycles. The van der Waals surface area contributed by atoms with Crippen LogP contribution in [0.2, 0.25) is 0 Å². The standard InChI is InChI=1S/C17H29N3S/c1-5-14-15(9-18-17(2,3)4)21-16(19-14)20-10-12-7-6-8-13(12)11-20/h12-13,18H,5-11H2,1-4H3. The van der Waals surface area contributed by atoms with E-state index < -0.39 is 0 Å². The third-order valence-electron chi connectivity index (χ3n) is 4.88. The lowest BCUT2D eigenvalue weighted by atomic mass is 10.0. The molecule has 118 valence electrons. The largest absolute Gasteiger partial charge is 0.348 e. The number of nitrogens with zero attached hydrogens (tertiary/aromatic N) is 2. The van der Waals surface area contributed by atoms with Crippen LogP contribution in [0.3, 0.4) is 0 Å². The van der Waals surface area contributed by atoms with Crippen LogP contribution in [-0.4, -0.2) is 23.6 Å². The average Bonchev–Trinajstić information content (AvgIpc) is 3.08. The van der Waals surface area contributed by atoms with Crippen LogP contribution in [0.1, 0.15) is 57.5 Å². The molecular weight excluding hydrogens is 278 g/mol. The van der Waals surface area contributed by atoms with Gasteiger partial charge in [-0.05, 0) is 51.9 Å². The Morgan fingerprint density at radius 3 is 2.48 bits per heavy atom. The Labute approximate surface area is 133 Å². The van der Waals surface area contributed by atoms with Gasteiger partial charge in [0.1, 0.15) is 0 Å². The molecule has 3 nitrogen and oxygen atoms in total. The maximum Gasteiger partial charge on any atom is 0.185 e. The molecule has 1 saturated heterocycles. The van der Waals surface area contributed by atoms with Crippen molar-refractivity contribution in [3.8, 4) is 0 Å². The molecule has 1 aliphatic carbocycles. The number of hydrogen-bond acceptors (Lipinski definition) is 4. The molecule has 0 amide bonds. The second kappa shape index (κ2) is 5.88. The molecule has 1 aromatic heterocycles. The second-order valence-electron chi connectivity index (χ2n) is 7.68. The Kier molecular flexibility index (Phi) is 4.28. The minimum absolute atomic E-state index is 0.167. The summed E-state index contributed by atoms with van der Waals surface area (Å²) in [4.78, 5) is 8.93. The molecule has 1 aromatic rings. The summed E-state index contributed by atoms with van der Waals surface area (Å²) in [5.41, 5.74) is 1.46. The fourth-order valence-corrected chi connectivity index (χ4v) is 4.76. The van der Waals surface area contributed by atoms with E-state index in [0.29, 0.717) is 0 Å². The zero-order chi connectivity index (χ0) is 15.0. The van der Waals surface area contributed by atoms with Crippen molar-refractivity contribution in [2.45, 2.75) is 65.5 Å². The van der Waals surface area contributed by atoms with E-state index in [1.165, 1.54) is 48.1 Å². The van der Waals surface area contributed by atoms with Crippen LogP contribution in [-0.2, 0) is 13.0 Å². The topological polar surface area (TPSA) is 28.2 Å². The summed E-state index contributed by atoms with van der Waals surface area (Å²) < 4.78 is 0. The predicted molar refractivity (Wildman–Crippen MR) is 91.1 cm³/mol. The van der Waals surface area contributed by atoms with Gasteiger partial charge < -0.3 is 10.2 Å². The molecular formula is C17H29N3S. The van der Waals surface area contributed by atoms with Gasteiger partial charge in [-0.3, -0.25) is 0 Å². The molecule has 21 heavy (non-hydrogen) atoms. The van der Waals surface area contributed by atoms with Gasteiger partial charge in [0.15, 0.2) is 5.13 Å². The molecule has 2 aliphatic rings.